The van der Waals surface area contributed by atoms with Gasteiger partial charge in [-0.15, -0.1) is 0 Å². The van der Waals surface area contributed by atoms with Crippen molar-refractivity contribution in [1.29, 1.82) is 0 Å². The molecule has 0 heterocycles. The molecule has 0 spiro atoms. The number of carbonyl (C=O) groups is 1. The molecule has 1 saturated carbocycles. The van der Waals surface area contributed by atoms with E-state index in [2.05, 4.69) is 0 Å². The summed E-state index contributed by atoms with van der Waals surface area (Å²) in [6.07, 6.45) is 4.29. The lowest BCUT2D eigenvalue weighted by molar-refractivity contribution is -0.122. The first kappa shape index (κ1) is 10.7. The molecular weight excluding hydrogens is 208 g/mol. The number of Topliss-reactive ketones (excluding diaryl/α,β-unsaturated/α-hetero) is 1. The third-order valence-corrected chi connectivity index (χ3v) is 3.78. The fourth-order valence-corrected chi connectivity index (χ4v) is 2.72. The van der Waals surface area contributed by atoms with Crippen molar-refractivity contribution in [2.24, 2.45) is 0 Å². The second kappa shape index (κ2) is 3.97. The van der Waals surface area contributed by atoms with Crippen LogP contribution in [0.3, 0.4) is 0 Å². The number of ketones is 1. The molecule has 0 N–H and O–H groups in total. The van der Waals surface area contributed by atoms with Crippen molar-refractivity contribution in [2.75, 3.05) is 0 Å². The number of halogens is 1. The zero-order valence-corrected chi connectivity index (χ0v) is 9.68. The minimum Gasteiger partial charge on any atom is -0.299 e. The van der Waals surface area contributed by atoms with Crippen molar-refractivity contribution in [3.05, 3.63) is 34.9 Å². The van der Waals surface area contributed by atoms with Crippen molar-refractivity contribution < 1.29 is 4.79 Å². The molecule has 2 heteroatoms. The molecule has 0 bridgehead atoms. The zero-order valence-electron chi connectivity index (χ0n) is 8.92. The van der Waals surface area contributed by atoms with Crippen LogP contribution in [-0.4, -0.2) is 5.78 Å². The fraction of sp³-hybridized carbons (Fsp3) is 0.462. The molecule has 0 amide bonds. The Hall–Kier alpha value is -0.820. The monoisotopic (exact) mass is 222 g/mol. The van der Waals surface area contributed by atoms with Crippen LogP contribution in [0.5, 0.6) is 0 Å². The first-order valence-electron chi connectivity index (χ1n) is 5.42. The fourth-order valence-electron chi connectivity index (χ4n) is 2.59. The van der Waals surface area contributed by atoms with Crippen molar-refractivity contribution in [3.63, 3.8) is 0 Å². The Labute approximate surface area is 95.4 Å². The molecule has 15 heavy (non-hydrogen) atoms. The third kappa shape index (κ3) is 1.81. The number of hydrogen-bond acceptors (Lipinski definition) is 1. The van der Waals surface area contributed by atoms with Gasteiger partial charge in [0.15, 0.2) is 0 Å². The summed E-state index contributed by atoms with van der Waals surface area (Å²) in [5.41, 5.74) is 0.918. The highest BCUT2D eigenvalue weighted by Gasteiger charge is 2.39. The molecule has 1 fully saturated rings. The Bertz CT molecular complexity index is 361. The Morgan fingerprint density at radius 2 is 1.73 bits per heavy atom. The van der Waals surface area contributed by atoms with Gasteiger partial charge >= 0.3 is 0 Å². The Morgan fingerprint density at radius 1 is 1.20 bits per heavy atom. The first-order valence-corrected chi connectivity index (χ1v) is 5.80. The van der Waals surface area contributed by atoms with Crippen LogP contribution >= 0.6 is 11.6 Å². The maximum Gasteiger partial charge on any atom is 0.140 e. The van der Waals surface area contributed by atoms with Crippen LogP contribution in [0.1, 0.15) is 38.2 Å². The molecule has 1 aromatic rings. The predicted octanol–water partition coefficient (Wildman–Crippen LogP) is 3.74. The van der Waals surface area contributed by atoms with Crippen molar-refractivity contribution in [3.8, 4) is 0 Å². The molecule has 80 valence electrons. The lowest BCUT2D eigenvalue weighted by atomic mass is 9.76. The molecule has 1 aliphatic rings. The van der Waals surface area contributed by atoms with Crippen LogP contribution in [-0.2, 0) is 10.2 Å². The standard InChI is InChI=1S/C13H15ClO/c1-10(15)13(8-2-3-9-13)11-4-6-12(14)7-5-11/h4-7H,2-3,8-9H2,1H3. The van der Waals surface area contributed by atoms with E-state index in [0.29, 0.717) is 5.78 Å². The normalized spacial score (nSPS) is 19.1. The van der Waals surface area contributed by atoms with E-state index >= 15 is 0 Å². The van der Waals surface area contributed by atoms with E-state index in [-0.39, 0.29) is 5.41 Å². The summed E-state index contributed by atoms with van der Waals surface area (Å²) in [5.74, 6) is 0.294. The molecule has 0 saturated heterocycles. The van der Waals surface area contributed by atoms with E-state index in [1.807, 2.05) is 24.3 Å². The van der Waals surface area contributed by atoms with Gasteiger partial charge in [-0.3, -0.25) is 4.79 Å². The molecule has 2 rings (SSSR count). The van der Waals surface area contributed by atoms with Crippen LogP contribution in [0.4, 0.5) is 0 Å². The quantitative estimate of drug-likeness (QED) is 0.745. The summed E-state index contributed by atoms with van der Waals surface area (Å²) in [6, 6.07) is 7.74. The van der Waals surface area contributed by atoms with E-state index in [4.69, 9.17) is 11.6 Å². The van der Waals surface area contributed by atoms with Crippen LogP contribution in [0.15, 0.2) is 24.3 Å². The minimum absolute atomic E-state index is 0.218. The van der Waals surface area contributed by atoms with Crippen LogP contribution in [0.25, 0.3) is 0 Å². The predicted molar refractivity (Wildman–Crippen MR) is 62.3 cm³/mol. The van der Waals surface area contributed by atoms with Crippen LogP contribution < -0.4 is 0 Å². The van der Waals surface area contributed by atoms with Crippen molar-refractivity contribution >= 4 is 17.4 Å². The van der Waals surface area contributed by atoms with Gasteiger partial charge in [-0.2, -0.15) is 0 Å². The van der Waals surface area contributed by atoms with Gasteiger partial charge in [0, 0.05) is 5.02 Å². The third-order valence-electron chi connectivity index (χ3n) is 3.53. The number of hydrogen-bond donors (Lipinski definition) is 0. The lowest BCUT2D eigenvalue weighted by Crippen LogP contribution is -2.30. The van der Waals surface area contributed by atoms with Crippen molar-refractivity contribution in [1.82, 2.24) is 0 Å². The van der Waals surface area contributed by atoms with Gasteiger partial charge in [-0.25, -0.2) is 0 Å². The molecule has 0 aliphatic heterocycles. The van der Waals surface area contributed by atoms with Crippen molar-refractivity contribution in [2.45, 2.75) is 38.0 Å². The van der Waals surface area contributed by atoms with E-state index < -0.39 is 0 Å². The largest absolute Gasteiger partial charge is 0.299 e. The molecule has 0 radical (unpaired) electrons. The molecule has 0 aromatic heterocycles. The van der Waals surface area contributed by atoms with Gasteiger partial charge in [-0.1, -0.05) is 36.6 Å². The Morgan fingerprint density at radius 3 is 2.20 bits per heavy atom. The highest BCUT2D eigenvalue weighted by Crippen LogP contribution is 2.42. The number of rotatable bonds is 2. The summed E-state index contributed by atoms with van der Waals surface area (Å²) in [6.45, 7) is 1.71. The molecule has 1 nitrogen and oxygen atoms in total. The van der Waals surface area contributed by atoms with Gasteiger partial charge in [0.1, 0.15) is 5.78 Å². The maximum absolute atomic E-state index is 11.8. The maximum atomic E-state index is 11.8. The summed E-state index contributed by atoms with van der Waals surface area (Å²) in [4.78, 5) is 11.8. The molecular formula is C13H15ClO. The summed E-state index contributed by atoms with van der Waals surface area (Å²) >= 11 is 5.86. The van der Waals surface area contributed by atoms with E-state index in [0.717, 1.165) is 36.3 Å². The van der Waals surface area contributed by atoms with Gasteiger partial charge in [0.05, 0.1) is 5.41 Å². The minimum atomic E-state index is -0.218. The summed E-state index contributed by atoms with van der Waals surface area (Å²) in [7, 11) is 0. The van der Waals surface area contributed by atoms with Gasteiger partial charge < -0.3 is 0 Å². The molecule has 0 unspecified atom stereocenters. The summed E-state index contributed by atoms with van der Waals surface area (Å²) in [5, 5.41) is 0.732. The van der Waals surface area contributed by atoms with E-state index in [1.54, 1.807) is 6.92 Å². The lowest BCUT2D eigenvalue weighted by Gasteiger charge is -2.26. The average molecular weight is 223 g/mol. The topological polar surface area (TPSA) is 17.1 Å². The summed E-state index contributed by atoms with van der Waals surface area (Å²) < 4.78 is 0. The Kier molecular flexibility index (Phi) is 2.83. The first-order chi connectivity index (χ1) is 7.15. The van der Waals surface area contributed by atoms with Crippen LogP contribution in [0.2, 0.25) is 5.02 Å². The number of benzene rings is 1. The van der Waals surface area contributed by atoms with Gasteiger partial charge in [-0.05, 0) is 37.5 Å². The van der Waals surface area contributed by atoms with Crippen LogP contribution in [0, 0.1) is 0 Å². The van der Waals surface area contributed by atoms with E-state index in [9.17, 15) is 4.79 Å². The average Bonchev–Trinajstić information content (AvgIpc) is 2.69. The second-order valence-electron chi connectivity index (χ2n) is 4.35. The highest BCUT2D eigenvalue weighted by molar-refractivity contribution is 6.30. The smallest absolute Gasteiger partial charge is 0.140 e. The second-order valence-corrected chi connectivity index (χ2v) is 4.79. The Balaban J connectivity index is 2.41. The molecule has 0 atom stereocenters. The molecule has 1 aromatic carbocycles. The zero-order chi connectivity index (χ0) is 10.9. The number of carbonyl (C=O) groups excluding carboxylic acids is 1. The van der Waals surface area contributed by atoms with E-state index in [1.165, 1.54) is 0 Å². The van der Waals surface area contributed by atoms with Gasteiger partial charge in [0.2, 0.25) is 0 Å². The molecule has 1 aliphatic carbocycles. The highest BCUT2D eigenvalue weighted by atomic mass is 35.5. The van der Waals surface area contributed by atoms with Gasteiger partial charge in [0.25, 0.3) is 0 Å². The SMILES string of the molecule is CC(=O)C1(c2ccc(Cl)cc2)CCCC1.